The van der Waals surface area contributed by atoms with Crippen LogP contribution in [0.3, 0.4) is 0 Å². The van der Waals surface area contributed by atoms with E-state index >= 15 is 0 Å². The van der Waals surface area contributed by atoms with Crippen LogP contribution >= 0.6 is 23.2 Å². The highest BCUT2D eigenvalue weighted by atomic mass is 35.5. The lowest BCUT2D eigenvalue weighted by Gasteiger charge is -2.36. The fraction of sp³-hybridized carbons (Fsp3) is 0.625. The maximum atomic E-state index is 6.25. The Morgan fingerprint density at radius 1 is 1.21 bits per heavy atom. The molecule has 0 atom stereocenters. The van der Waals surface area contributed by atoms with Crippen molar-refractivity contribution < 1.29 is 0 Å². The van der Waals surface area contributed by atoms with Crippen LogP contribution in [-0.4, -0.2) is 13.1 Å². The number of benzene rings is 1. The van der Waals surface area contributed by atoms with Crippen molar-refractivity contribution >= 4 is 28.9 Å². The molecule has 1 aromatic rings. The number of nitrogens with zero attached hydrogens (tertiary/aromatic N) is 1. The Bertz CT molecular complexity index is 411. The third-order valence-corrected chi connectivity index (χ3v) is 5.17. The van der Waals surface area contributed by atoms with E-state index in [1.54, 1.807) is 0 Å². The summed E-state index contributed by atoms with van der Waals surface area (Å²) in [7, 11) is 2.18. The molecule has 0 saturated heterocycles. The lowest BCUT2D eigenvalue weighted by molar-refractivity contribution is 0.313. The Balaban J connectivity index is 2.03. The Hall–Kier alpha value is -0.400. The van der Waals surface area contributed by atoms with E-state index in [0.29, 0.717) is 11.9 Å². The van der Waals surface area contributed by atoms with E-state index in [2.05, 4.69) is 24.9 Å². The molecule has 19 heavy (non-hydrogen) atoms. The van der Waals surface area contributed by atoms with Crippen LogP contribution in [0, 0.1) is 5.92 Å². The predicted molar refractivity (Wildman–Crippen MR) is 85.4 cm³/mol. The lowest BCUT2D eigenvalue weighted by atomic mass is 9.84. The van der Waals surface area contributed by atoms with Crippen molar-refractivity contribution in [1.82, 2.24) is 0 Å². The van der Waals surface area contributed by atoms with Gasteiger partial charge in [0.2, 0.25) is 0 Å². The Morgan fingerprint density at radius 2 is 1.89 bits per heavy atom. The van der Waals surface area contributed by atoms with Crippen molar-refractivity contribution in [2.75, 3.05) is 11.9 Å². The van der Waals surface area contributed by atoms with E-state index in [0.717, 1.165) is 16.5 Å². The molecule has 1 fully saturated rings. The molecular weight excluding hydrogens is 277 g/mol. The summed E-state index contributed by atoms with van der Waals surface area (Å²) in [5.74, 6) is 1.41. The van der Waals surface area contributed by atoms with Crippen LogP contribution < -0.4 is 4.90 Å². The molecule has 0 spiro atoms. The third kappa shape index (κ3) is 3.58. The van der Waals surface area contributed by atoms with Crippen LogP contribution in [0.25, 0.3) is 0 Å². The SMILES string of the molecule is CCC1CCC(N(C)c2ccc(CCl)c(Cl)c2)CC1. The van der Waals surface area contributed by atoms with Crippen LogP contribution in [0.2, 0.25) is 5.02 Å². The van der Waals surface area contributed by atoms with Gasteiger partial charge in [-0.15, -0.1) is 11.6 Å². The van der Waals surface area contributed by atoms with Crippen molar-refractivity contribution in [1.29, 1.82) is 0 Å². The fourth-order valence-corrected chi connectivity index (χ4v) is 3.56. The van der Waals surface area contributed by atoms with Gasteiger partial charge < -0.3 is 4.90 Å². The van der Waals surface area contributed by atoms with Gasteiger partial charge in [0, 0.05) is 29.7 Å². The zero-order chi connectivity index (χ0) is 13.8. The summed E-state index contributed by atoms with van der Waals surface area (Å²) in [5, 5.41) is 0.779. The summed E-state index contributed by atoms with van der Waals surface area (Å²) in [6, 6.07) is 6.88. The van der Waals surface area contributed by atoms with E-state index in [1.807, 2.05) is 12.1 Å². The highest BCUT2D eigenvalue weighted by molar-refractivity contribution is 6.32. The van der Waals surface area contributed by atoms with Gasteiger partial charge in [-0.3, -0.25) is 0 Å². The highest BCUT2D eigenvalue weighted by Crippen LogP contribution is 2.32. The molecule has 0 bridgehead atoms. The van der Waals surface area contributed by atoms with Crippen LogP contribution in [0.1, 0.15) is 44.6 Å². The molecule has 0 heterocycles. The van der Waals surface area contributed by atoms with E-state index in [9.17, 15) is 0 Å². The van der Waals surface area contributed by atoms with Crippen LogP contribution in [0.15, 0.2) is 18.2 Å². The van der Waals surface area contributed by atoms with Gasteiger partial charge in [0.1, 0.15) is 0 Å². The summed E-state index contributed by atoms with van der Waals surface area (Å²) >= 11 is 12.1. The second-order valence-electron chi connectivity index (χ2n) is 5.60. The largest absolute Gasteiger partial charge is 0.372 e. The van der Waals surface area contributed by atoms with Gasteiger partial charge in [-0.2, -0.15) is 0 Å². The Kier molecular flexibility index (Phi) is 5.41. The van der Waals surface area contributed by atoms with E-state index in [1.165, 1.54) is 37.8 Å². The first kappa shape index (κ1) is 15.0. The summed E-state index contributed by atoms with van der Waals surface area (Å²) in [5.41, 5.74) is 2.22. The van der Waals surface area contributed by atoms with E-state index in [4.69, 9.17) is 23.2 Å². The topological polar surface area (TPSA) is 3.24 Å². The minimum Gasteiger partial charge on any atom is -0.372 e. The van der Waals surface area contributed by atoms with Crippen molar-refractivity contribution in [3.8, 4) is 0 Å². The summed E-state index contributed by atoms with van der Waals surface area (Å²) in [6.45, 7) is 2.30. The van der Waals surface area contributed by atoms with Gasteiger partial charge >= 0.3 is 0 Å². The molecule has 0 aromatic heterocycles. The van der Waals surface area contributed by atoms with Gasteiger partial charge in [0.15, 0.2) is 0 Å². The Morgan fingerprint density at radius 3 is 2.42 bits per heavy atom. The monoisotopic (exact) mass is 299 g/mol. The molecule has 106 valence electrons. The average molecular weight is 300 g/mol. The second kappa shape index (κ2) is 6.85. The van der Waals surface area contributed by atoms with Crippen molar-refractivity contribution in [2.45, 2.75) is 50.9 Å². The molecule has 0 aliphatic heterocycles. The van der Waals surface area contributed by atoms with Gasteiger partial charge in [-0.25, -0.2) is 0 Å². The normalized spacial score (nSPS) is 23.4. The quantitative estimate of drug-likeness (QED) is 0.665. The van der Waals surface area contributed by atoms with E-state index in [-0.39, 0.29) is 0 Å². The van der Waals surface area contributed by atoms with Crippen molar-refractivity contribution in [3.05, 3.63) is 28.8 Å². The van der Waals surface area contributed by atoms with E-state index < -0.39 is 0 Å². The van der Waals surface area contributed by atoms with Crippen LogP contribution in [-0.2, 0) is 5.88 Å². The minimum absolute atomic E-state index is 0.477. The van der Waals surface area contributed by atoms with Gasteiger partial charge in [0.25, 0.3) is 0 Å². The average Bonchev–Trinajstić information content (AvgIpc) is 2.46. The predicted octanol–water partition coefficient (Wildman–Crippen LogP) is 5.48. The first-order valence-electron chi connectivity index (χ1n) is 7.23. The molecule has 1 nitrogen and oxygen atoms in total. The summed E-state index contributed by atoms with van der Waals surface area (Å²) in [4.78, 5) is 2.38. The zero-order valence-corrected chi connectivity index (χ0v) is 13.3. The second-order valence-corrected chi connectivity index (χ2v) is 6.28. The fourth-order valence-electron chi connectivity index (χ4n) is 3.02. The van der Waals surface area contributed by atoms with Crippen molar-refractivity contribution in [2.24, 2.45) is 5.92 Å². The first-order valence-corrected chi connectivity index (χ1v) is 8.14. The van der Waals surface area contributed by atoms with Crippen molar-refractivity contribution in [3.63, 3.8) is 0 Å². The molecule has 1 saturated carbocycles. The standard InChI is InChI=1S/C16H23Cl2N/c1-3-12-4-7-14(8-5-12)19(2)15-9-6-13(11-17)16(18)10-15/h6,9-10,12,14H,3-5,7-8,11H2,1-2H3. The molecule has 0 unspecified atom stereocenters. The number of rotatable bonds is 4. The molecule has 3 heteroatoms. The zero-order valence-electron chi connectivity index (χ0n) is 11.8. The molecule has 0 amide bonds. The first-order chi connectivity index (χ1) is 9.15. The summed E-state index contributed by atoms with van der Waals surface area (Å²) < 4.78 is 0. The Labute approximate surface area is 126 Å². The number of hydrogen-bond donors (Lipinski definition) is 0. The molecule has 0 radical (unpaired) electrons. The number of halogens is 2. The van der Waals surface area contributed by atoms with Crippen LogP contribution in [0.4, 0.5) is 5.69 Å². The molecule has 2 rings (SSSR count). The van der Waals surface area contributed by atoms with Crippen LogP contribution in [0.5, 0.6) is 0 Å². The molecule has 1 aliphatic carbocycles. The smallest absolute Gasteiger partial charge is 0.0488 e. The lowest BCUT2D eigenvalue weighted by Crippen LogP contribution is -2.35. The molecule has 0 N–H and O–H groups in total. The number of anilines is 1. The molecule has 1 aromatic carbocycles. The van der Waals surface area contributed by atoms with Gasteiger partial charge in [-0.1, -0.05) is 31.0 Å². The number of alkyl halides is 1. The molecule has 1 aliphatic rings. The maximum Gasteiger partial charge on any atom is 0.0488 e. The van der Waals surface area contributed by atoms with Gasteiger partial charge in [0.05, 0.1) is 0 Å². The maximum absolute atomic E-state index is 6.25. The third-order valence-electron chi connectivity index (χ3n) is 4.53. The molecular formula is C16H23Cl2N. The summed E-state index contributed by atoms with van der Waals surface area (Å²) in [6.07, 6.45) is 6.64. The van der Waals surface area contributed by atoms with Gasteiger partial charge in [-0.05, 0) is 49.3 Å². The highest BCUT2D eigenvalue weighted by Gasteiger charge is 2.23. The minimum atomic E-state index is 0.477. The number of hydrogen-bond acceptors (Lipinski definition) is 1.